The van der Waals surface area contributed by atoms with E-state index in [-0.39, 0.29) is 24.2 Å². The first-order chi connectivity index (χ1) is 12.5. The molecule has 1 saturated carbocycles. The van der Waals surface area contributed by atoms with E-state index < -0.39 is 29.5 Å². The minimum atomic E-state index is -4.50. The van der Waals surface area contributed by atoms with Gasteiger partial charge in [0.2, 0.25) is 5.91 Å². The first-order valence-electron chi connectivity index (χ1n) is 8.62. The lowest BCUT2D eigenvalue weighted by molar-refractivity contribution is -0.137. The van der Waals surface area contributed by atoms with Crippen molar-refractivity contribution >= 4 is 12.0 Å². The van der Waals surface area contributed by atoms with Gasteiger partial charge in [-0.3, -0.25) is 10.2 Å². The first-order valence-corrected chi connectivity index (χ1v) is 8.62. The van der Waals surface area contributed by atoms with Crippen molar-refractivity contribution in [3.8, 4) is 5.75 Å². The van der Waals surface area contributed by atoms with Gasteiger partial charge in [0.05, 0.1) is 5.56 Å². The zero-order chi connectivity index (χ0) is 20.0. The van der Waals surface area contributed by atoms with Crippen LogP contribution >= 0.6 is 0 Å². The Labute approximate surface area is 154 Å². The third-order valence-corrected chi connectivity index (χ3v) is 4.18. The van der Waals surface area contributed by atoms with Crippen LogP contribution in [-0.4, -0.2) is 29.2 Å². The van der Waals surface area contributed by atoms with E-state index in [1.807, 2.05) is 0 Å². The van der Waals surface area contributed by atoms with Crippen LogP contribution in [0.25, 0.3) is 0 Å². The average Bonchev–Trinajstić information content (AvgIpc) is 3.30. The van der Waals surface area contributed by atoms with Gasteiger partial charge in [-0.15, -0.1) is 0 Å². The topological polar surface area (TPSA) is 67.9 Å². The summed E-state index contributed by atoms with van der Waals surface area (Å²) in [5.74, 6) is -0.449. The van der Waals surface area contributed by atoms with Gasteiger partial charge in [-0.25, -0.2) is 9.80 Å². The molecule has 0 radical (unpaired) electrons. The number of nitrogens with zero attached hydrogens (tertiary/aromatic N) is 1. The van der Waals surface area contributed by atoms with E-state index in [4.69, 9.17) is 9.47 Å². The third-order valence-electron chi connectivity index (χ3n) is 4.18. The van der Waals surface area contributed by atoms with Gasteiger partial charge in [0.25, 0.3) is 0 Å². The number of nitrogens with one attached hydrogen (secondary N) is 1. The second kappa shape index (κ2) is 6.61. The average molecular weight is 386 g/mol. The van der Waals surface area contributed by atoms with Gasteiger partial charge in [-0.05, 0) is 45.7 Å². The summed E-state index contributed by atoms with van der Waals surface area (Å²) in [6, 6.07) is 2.30. The monoisotopic (exact) mass is 386 g/mol. The summed E-state index contributed by atoms with van der Waals surface area (Å²) in [5.41, 5.74) is 1.28. The second-order valence-corrected chi connectivity index (χ2v) is 7.68. The van der Waals surface area contributed by atoms with Crippen molar-refractivity contribution in [2.45, 2.75) is 51.4 Å². The largest absolute Gasteiger partial charge is 0.491 e. The van der Waals surface area contributed by atoms with Gasteiger partial charge in [0.15, 0.2) is 0 Å². The van der Waals surface area contributed by atoms with E-state index in [0.717, 1.165) is 30.0 Å². The molecule has 1 N–H and O–H groups in total. The van der Waals surface area contributed by atoms with E-state index >= 15 is 0 Å². The molecule has 1 aliphatic carbocycles. The fourth-order valence-corrected chi connectivity index (χ4v) is 2.70. The first kappa shape index (κ1) is 19.3. The molecule has 3 rings (SSSR count). The van der Waals surface area contributed by atoms with Crippen LogP contribution < -0.4 is 10.2 Å². The lowest BCUT2D eigenvalue weighted by Crippen LogP contribution is -2.51. The van der Waals surface area contributed by atoms with Crippen LogP contribution in [0.4, 0.5) is 18.0 Å². The quantitative estimate of drug-likeness (QED) is 0.785. The molecule has 0 bridgehead atoms. The molecule has 6 nitrogen and oxygen atoms in total. The SMILES string of the molecule is CC(C)(C)OC(=O)N(NC(=O)C1CC1)C1COc2cc(C(F)(F)F)ccc21. The Morgan fingerprint density at radius 3 is 2.44 bits per heavy atom. The highest BCUT2D eigenvalue weighted by Gasteiger charge is 2.40. The minimum Gasteiger partial charge on any atom is -0.491 e. The fraction of sp³-hybridized carbons (Fsp3) is 0.556. The van der Waals surface area contributed by atoms with Gasteiger partial charge >= 0.3 is 12.3 Å². The zero-order valence-electron chi connectivity index (χ0n) is 15.2. The van der Waals surface area contributed by atoms with Gasteiger partial charge in [0.1, 0.15) is 24.0 Å². The van der Waals surface area contributed by atoms with Crippen LogP contribution in [0.2, 0.25) is 0 Å². The van der Waals surface area contributed by atoms with Crippen molar-refractivity contribution in [1.82, 2.24) is 10.4 Å². The molecular weight excluding hydrogens is 365 g/mol. The predicted octanol–water partition coefficient (Wildman–Crippen LogP) is 3.82. The Bertz CT molecular complexity index is 754. The summed E-state index contributed by atoms with van der Waals surface area (Å²) >= 11 is 0. The lowest BCUT2D eigenvalue weighted by Gasteiger charge is -2.31. The number of halogens is 3. The number of alkyl halides is 3. The van der Waals surface area contributed by atoms with Crippen molar-refractivity contribution in [2.75, 3.05) is 6.61 Å². The molecule has 1 atom stereocenters. The number of fused-ring (bicyclic) bond motifs is 1. The summed E-state index contributed by atoms with van der Waals surface area (Å²) in [6.07, 6.45) is -3.82. The van der Waals surface area contributed by atoms with Gasteiger partial charge in [-0.1, -0.05) is 6.07 Å². The molecule has 1 aliphatic heterocycles. The number of hydrazine groups is 1. The molecule has 9 heteroatoms. The van der Waals surface area contributed by atoms with E-state index in [1.165, 1.54) is 6.07 Å². The van der Waals surface area contributed by atoms with Gasteiger partial charge in [-0.2, -0.15) is 13.2 Å². The smallest absolute Gasteiger partial charge is 0.429 e. The van der Waals surface area contributed by atoms with Crippen molar-refractivity contribution in [1.29, 1.82) is 0 Å². The number of benzene rings is 1. The van der Waals surface area contributed by atoms with Crippen LogP contribution in [0.5, 0.6) is 5.75 Å². The zero-order valence-corrected chi connectivity index (χ0v) is 15.2. The lowest BCUT2D eigenvalue weighted by atomic mass is 10.1. The molecule has 1 aromatic rings. The Kier molecular flexibility index (Phi) is 4.73. The molecule has 0 spiro atoms. The summed E-state index contributed by atoms with van der Waals surface area (Å²) in [7, 11) is 0. The Morgan fingerprint density at radius 1 is 1.22 bits per heavy atom. The van der Waals surface area contributed by atoms with Crippen molar-refractivity contribution in [3.63, 3.8) is 0 Å². The van der Waals surface area contributed by atoms with Crippen LogP contribution in [-0.2, 0) is 15.7 Å². The number of amides is 2. The maximum absolute atomic E-state index is 12.9. The molecule has 0 saturated heterocycles. The number of ether oxygens (including phenoxy) is 2. The highest BCUT2D eigenvalue weighted by atomic mass is 19.4. The molecular formula is C18H21F3N2O4. The van der Waals surface area contributed by atoms with E-state index in [0.29, 0.717) is 5.56 Å². The standard InChI is InChI=1S/C18H21F3N2O4/c1-17(2,3)27-16(25)23(22-15(24)10-4-5-10)13-9-26-14-8-11(18(19,20)21)6-7-12(13)14/h6-8,10,13H,4-5,9H2,1-3H3,(H,22,24). The highest BCUT2D eigenvalue weighted by molar-refractivity contribution is 5.83. The highest BCUT2D eigenvalue weighted by Crippen LogP contribution is 2.40. The summed E-state index contributed by atoms with van der Waals surface area (Å²) < 4.78 is 49.4. The maximum atomic E-state index is 12.9. The minimum absolute atomic E-state index is 0.0315. The number of hydrogen-bond acceptors (Lipinski definition) is 4. The molecule has 0 aromatic heterocycles. The van der Waals surface area contributed by atoms with Gasteiger partial charge < -0.3 is 9.47 Å². The van der Waals surface area contributed by atoms with Crippen molar-refractivity contribution < 1.29 is 32.2 Å². The molecule has 27 heavy (non-hydrogen) atoms. The number of rotatable bonds is 2. The fourth-order valence-electron chi connectivity index (χ4n) is 2.70. The van der Waals surface area contributed by atoms with Crippen LogP contribution in [0.15, 0.2) is 18.2 Å². The maximum Gasteiger partial charge on any atom is 0.429 e. The number of hydrogen-bond donors (Lipinski definition) is 1. The molecule has 1 heterocycles. The van der Waals surface area contributed by atoms with Crippen LogP contribution in [0.1, 0.15) is 50.8 Å². The molecule has 2 aliphatic rings. The van der Waals surface area contributed by atoms with E-state index in [1.54, 1.807) is 20.8 Å². The Morgan fingerprint density at radius 2 is 1.89 bits per heavy atom. The summed E-state index contributed by atoms with van der Waals surface area (Å²) in [5, 5.41) is 1.02. The molecule has 2 amide bonds. The molecule has 1 aromatic carbocycles. The van der Waals surface area contributed by atoms with Crippen molar-refractivity contribution in [2.24, 2.45) is 5.92 Å². The molecule has 148 valence electrons. The second-order valence-electron chi connectivity index (χ2n) is 7.68. The van der Waals surface area contributed by atoms with Crippen molar-refractivity contribution in [3.05, 3.63) is 29.3 Å². The van der Waals surface area contributed by atoms with Crippen LogP contribution in [0.3, 0.4) is 0 Å². The Balaban J connectivity index is 1.87. The summed E-state index contributed by atoms with van der Waals surface area (Å²) in [4.78, 5) is 24.8. The third kappa shape index (κ3) is 4.45. The van der Waals surface area contributed by atoms with Gasteiger partial charge in [0, 0.05) is 11.5 Å². The van der Waals surface area contributed by atoms with Crippen LogP contribution in [0, 0.1) is 5.92 Å². The predicted molar refractivity (Wildman–Crippen MR) is 88.6 cm³/mol. The number of carbonyl (C=O) groups is 2. The molecule has 1 unspecified atom stereocenters. The Hall–Kier alpha value is -2.45. The summed E-state index contributed by atoms with van der Waals surface area (Å²) in [6.45, 7) is 4.96. The molecule has 1 fully saturated rings. The van der Waals surface area contributed by atoms with E-state index in [2.05, 4.69) is 5.43 Å². The normalized spacial score (nSPS) is 19.1. The number of carbonyl (C=O) groups excluding carboxylic acids is 2. The van der Waals surface area contributed by atoms with E-state index in [9.17, 15) is 22.8 Å².